The number of nitrogens with zero attached hydrogens (tertiary/aromatic N) is 3. The van der Waals surface area contributed by atoms with Gasteiger partial charge in [0.2, 0.25) is 17.6 Å². The van der Waals surface area contributed by atoms with E-state index in [1.807, 2.05) is 0 Å². The van der Waals surface area contributed by atoms with Crippen LogP contribution in [0, 0.1) is 5.82 Å². The first-order valence-corrected chi connectivity index (χ1v) is 8.86. The molecule has 1 amide bonds. The molecule has 0 radical (unpaired) electrons. The molecular weight excluding hydrogens is 390 g/mol. The van der Waals surface area contributed by atoms with Crippen LogP contribution in [0.25, 0.3) is 11.4 Å². The molecule has 1 fully saturated rings. The Balaban J connectivity index is 1.54. The number of amides is 1. The van der Waals surface area contributed by atoms with Gasteiger partial charge in [0, 0.05) is 18.5 Å². The van der Waals surface area contributed by atoms with Crippen LogP contribution >= 0.6 is 0 Å². The summed E-state index contributed by atoms with van der Waals surface area (Å²) >= 11 is 0. The van der Waals surface area contributed by atoms with Crippen LogP contribution in [-0.4, -0.2) is 20.9 Å². The Labute approximate surface area is 162 Å². The number of aromatic nitrogens is 2. The van der Waals surface area contributed by atoms with Gasteiger partial charge in [-0.25, -0.2) is 4.39 Å². The highest BCUT2D eigenvalue weighted by molar-refractivity contribution is 5.78. The molecule has 1 saturated heterocycles. The molecular formula is C20H15F4N3O2. The van der Waals surface area contributed by atoms with Gasteiger partial charge in [-0.15, -0.1) is 0 Å². The number of rotatable bonds is 4. The molecule has 1 aliphatic rings. The van der Waals surface area contributed by atoms with Gasteiger partial charge in [0.1, 0.15) is 11.9 Å². The predicted molar refractivity (Wildman–Crippen MR) is 93.7 cm³/mol. The monoisotopic (exact) mass is 405 g/mol. The number of hydrogen-bond acceptors (Lipinski definition) is 4. The Morgan fingerprint density at radius 1 is 1.07 bits per heavy atom. The lowest BCUT2D eigenvalue weighted by Crippen LogP contribution is -2.27. The van der Waals surface area contributed by atoms with Gasteiger partial charge in [0.15, 0.2) is 0 Å². The van der Waals surface area contributed by atoms with Crippen LogP contribution in [0.2, 0.25) is 0 Å². The van der Waals surface area contributed by atoms with Gasteiger partial charge in [-0.1, -0.05) is 29.4 Å². The van der Waals surface area contributed by atoms with E-state index in [1.165, 1.54) is 24.3 Å². The SMILES string of the molecule is O=C1CCC(c2nc(-c3ccc(C(F)(F)F)cc3)no2)N1Cc1ccc(F)cc1. The van der Waals surface area contributed by atoms with Crippen LogP contribution in [0.1, 0.15) is 35.9 Å². The number of alkyl halides is 3. The summed E-state index contributed by atoms with van der Waals surface area (Å²) in [5, 5.41) is 3.85. The molecule has 4 rings (SSSR count). The van der Waals surface area contributed by atoms with Crippen LogP contribution in [-0.2, 0) is 17.5 Å². The Hall–Kier alpha value is -3.23. The fraction of sp³-hybridized carbons (Fsp3) is 0.250. The molecule has 1 unspecified atom stereocenters. The minimum absolute atomic E-state index is 0.0893. The summed E-state index contributed by atoms with van der Waals surface area (Å²) < 4.78 is 56.5. The van der Waals surface area contributed by atoms with Gasteiger partial charge >= 0.3 is 6.18 Å². The highest BCUT2D eigenvalue weighted by Gasteiger charge is 2.36. The fourth-order valence-electron chi connectivity index (χ4n) is 3.27. The maximum absolute atomic E-state index is 13.1. The third-order valence-corrected chi connectivity index (χ3v) is 4.79. The van der Waals surface area contributed by atoms with Crippen molar-refractivity contribution >= 4 is 5.91 Å². The standard InChI is InChI=1S/C20H15F4N3O2/c21-15-7-1-12(2-8-15)11-27-16(9-10-17(27)28)19-25-18(26-29-19)13-3-5-14(6-4-13)20(22,23)24/h1-8,16H,9-11H2. The zero-order chi connectivity index (χ0) is 20.6. The number of benzene rings is 2. The average Bonchev–Trinajstić information content (AvgIpc) is 3.30. The lowest BCUT2D eigenvalue weighted by Gasteiger charge is -2.22. The molecule has 0 saturated carbocycles. The van der Waals surface area contributed by atoms with Gasteiger partial charge in [0.25, 0.3) is 0 Å². The zero-order valence-electron chi connectivity index (χ0n) is 15.0. The van der Waals surface area contributed by atoms with E-state index in [9.17, 15) is 22.4 Å². The fourth-order valence-corrected chi connectivity index (χ4v) is 3.27. The number of halogens is 4. The average molecular weight is 405 g/mol. The molecule has 1 aliphatic heterocycles. The number of carbonyl (C=O) groups is 1. The Kier molecular flexibility index (Phi) is 4.81. The molecule has 3 aromatic rings. The van der Waals surface area contributed by atoms with Crippen LogP contribution in [0.15, 0.2) is 53.1 Å². The zero-order valence-corrected chi connectivity index (χ0v) is 15.0. The van der Waals surface area contributed by atoms with Gasteiger partial charge in [-0.3, -0.25) is 4.79 Å². The van der Waals surface area contributed by atoms with E-state index >= 15 is 0 Å². The molecule has 2 aromatic carbocycles. The molecule has 2 heterocycles. The molecule has 0 aliphatic carbocycles. The summed E-state index contributed by atoms with van der Waals surface area (Å²) in [5.74, 6) is -0.0904. The third-order valence-electron chi connectivity index (χ3n) is 4.79. The molecule has 5 nitrogen and oxygen atoms in total. The molecule has 0 spiro atoms. The largest absolute Gasteiger partial charge is 0.416 e. The number of carbonyl (C=O) groups excluding carboxylic acids is 1. The summed E-state index contributed by atoms with van der Waals surface area (Å²) in [5.41, 5.74) is 0.369. The topological polar surface area (TPSA) is 59.2 Å². The summed E-state index contributed by atoms with van der Waals surface area (Å²) in [6, 6.07) is 9.83. The van der Waals surface area contributed by atoms with Crippen LogP contribution in [0.4, 0.5) is 17.6 Å². The van der Waals surface area contributed by atoms with Crippen molar-refractivity contribution in [2.45, 2.75) is 31.6 Å². The van der Waals surface area contributed by atoms with E-state index in [4.69, 9.17) is 4.52 Å². The number of likely N-dealkylation sites (tertiary alicyclic amines) is 1. The van der Waals surface area contributed by atoms with E-state index in [2.05, 4.69) is 10.1 Å². The van der Waals surface area contributed by atoms with Crippen molar-refractivity contribution in [1.82, 2.24) is 15.0 Å². The second-order valence-electron chi connectivity index (χ2n) is 6.73. The van der Waals surface area contributed by atoms with E-state index in [0.29, 0.717) is 18.4 Å². The predicted octanol–water partition coefficient (Wildman–Crippen LogP) is 4.76. The molecule has 1 atom stereocenters. The van der Waals surface area contributed by atoms with Gasteiger partial charge < -0.3 is 9.42 Å². The Morgan fingerprint density at radius 3 is 2.41 bits per heavy atom. The molecule has 29 heavy (non-hydrogen) atoms. The molecule has 9 heteroatoms. The quantitative estimate of drug-likeness (QED) is 0.588. The van der Waals surface area contributed by atoms with Crippen LogP contribution < -0.4 is 0 Å². The van der Waals surface area contributed by atoms with Gasteiger partial charge in [-0.05, 0) is 36.2 Å². The highest BCUT2D eigenvalue weighted by Crippen LogP contribution is 2.35. The highest BCUT2D eigenvalue weighted by atomic mass is 19.4. The third kappa shape index (κ3) is 3.98. The van der Waals surface area contributed by atoms with Crippen molar-refractivity contribution in [1.29, 1.82) is 0 Å². The van der Waals surface area contributed by atoms with E-state index < -0.39 is 17.8 Å². The summed E-state index contributed by atoms with van der Waals surface area (Å²) in [7, 11) is 0. The lowest BCUT2D eigenvalue weighted by molar-refractivity contribution is -0.137. The molecule has 0 N–H and O–H groups in total. The van der Waals surface area contributed by atoms with Crippen molar-refractivity contribution in [2.75, 3.05) is 0 Å². The maximum atomic E-state index is 13.1. The molecule has 150 valence electrons. The van der Waals surface area contributed by atoms with Gasteiger partial charge in [0.05, 0.1) is 5.56 Å². The van der Waals surface area contributed by atoms with Crippen LogP contribution in [0.5, 0.6) is 0 Å². The Bertz CT molecular complexity index is 1010. The summed E-state index contributed by atoms with van der Waals surface area (Å²) in [4.78, 5) is 18.2. The summed E-state index contributed by atoms with van der Waals surface area (Å²) in [6.07, 6.45) is -3.63. The molecule has 0 bridgehead atoms. The summed E-state index contributed by atoms with van der Waals surface area (Å²) in [6.45, 7) is 0.266. The van der Waals surface area contributed by atoms with Crippen molar-refractivity contribution in [3.63, 3.8) is 0 Å². The number of hydrogen-bond donors (Lipinski definition) is 0. The minimum atomic E-state index is -4.42. The van der Waals surface area contributed by atoms with Gasteiger partial charge in [-0.2, -0.15) is 18.2 Å². The lowest BCUT2D eigenvalue weighted by atomic mass is 10.1. The second-order valence-corrected chi connectivity index (χ2v) is 6.73. The van der Waals surface area contributed by atoms with E-state index in [1.54, 1.807) is 17.0 Å². The van der Waals surface area contributed by atoms with E-state index in [-0.39, 0.29) is 30.0 Å². The van der Waals surface area contributed by atoms with Crippen molar-refractivity contribution in [3.05, 3.63) is 71.4 Å². The minimum Gasteiger partial charge on any atom is -0.337 e. The normalized spacial score (nSPS) is 17.2. The van der Waals surface area contributed by atoms with E-state index in [0.717, 1.165) is 17.7 Å². The van der Waals surface area contributed by atoms with Crippen molar-refractivity contribution in [2.24, 2.45) is 0 Å². The molecule has 1 aromatic heterocycles. The van der Waals surface area contributed by atoms with Crippen molar-refractivity contribution < 1.29 is 26.9 Å². The van der Waals surface area contributed by atoms with Crippen LogP contribution in [0.3, 0.4) is 0 Å². The first-order valence-electron chi connectivity index (χ1n) is 8.86. The second kappa shape index (κ2) is 7.31. The first-order chi connectivity index (χ1) is 13.8. The smallest absolute Gasteiger partial charge is 0.337 e. The first kappa shape index (κ1) is 19.1. The Morgan fingerprint density at radius 2 is 1.76 bits per heavy atom. The maximum Gasteiger partial charge on any atom is 0.416 e. The van der Waals surface area contributed by atoms with Crippen molar-refractivity contribution in [3.8, 4) is 11.4 Å².